The molecule has 0 spiro atoms. The molecule has 72 valence electrons. The van der Waals surface area contributed by atoms with Gasteiger partial charge in [-0.15, -0.1) is 0 Å². The summed E-state index contributed by atoms with van der Waals surface area (Å²) in [5.41, 5.74) is 0. The Hall–Kier alpha value is -0.120. The monoisotopic (exact) mass is 172 g/mol. The molecular weight excluding hydrogens is 152 g/mol. The number of nitrogens with zero attached hydrogens (tertiary/aromatic N) is 1. The maximum absolute atomic E-state index is 4.99. The second-order valence-corrected chi connectivity index (χ2v) is 3.75. The third kappa shape index (κ3) is 3.52. The number of hydrogen-bond acceptors (Lipinski definition) is 3. The van der Waals surface area contributed by atoms with Crippen LogP contribution in [0.15, 0.2) is 0 Å². The summed E-state index contributed by atoms with van der Waals surface area (Å²) in [4.78, 5) is 7.01. The summed E-state index contributed by atoms with van der Waals surface area (Å²) < 4.78 is 0. The van der Waals surface area contributed by atoms with Crippen molar-refractivity contribution in [2.45, 2.75) is 26.2 Å². The highest BCUT2D eigenvalue weighted by atomic mass is 16.6. The van der Waals surface area contributed by atoms with E-state index in [1.54, 1.807) is 0 Å². The summed E-state index contributed by atoms with van der Waals surface area (Å²) in [6.07, 6.45) is 4.02. The molecule has 0 aromatic carbocycles. The lowest BCUT2D eigenvalue weighted by atomic mass is 10.0. The number of hydrogen-bond donors (Lipinski definition) is 1. The average molecular weight is 172 g/mol. The molecule has 1 unspecified atom stereocenters. The van der Waals surface area contributed by atoms with Crippen LogP contribution in [0.5, 0.6) is 0 Å². The van der Waals surface area contributed by atoms with Crippen molar-refractivity contribution in [2.75, 3.05) is 26.2 Å². The fourth-order valence-electron chi connectivity index (χ4n) is 1.73. The third-order valence-corrected chi connectivity index (χ3v) is 2.63. The first-order valence-corrected chi connectivity index (χ1v) is 4.87. The lowest BCUT2D eigenvalue weighted by Gasteiger charge is -2.18. The van der Waals surface area contributed by atoms with Gasteiger partial charge in [0, 0.05) is 6.54 Å². The molecule has 1 fully saturated rings. The molecule has 3 heteroatoms. The van der Waals surface area contributed by atoms with Crippen LogP contribution in [0, 0.1) is 5.92 Å². The largest absolute Gasteiger partial charge is 0.303 e. The fourth-order valence-corrected chi connectivity index (χ4v) is 1.73. The molecule has 1 atom stereocenters. The van der Waals surface area contributed by atoms with Gasteiger partial charge in [0.2, 0.25) is 0 Å². The molecule has 0 bridgehead atoms. The minimum absolute atomic E-state index is 0.661. The standard InChI is InChI=1S/C9H20N2O/c1-9-3-2-5-11(6-4-9)7-8-12-10/h9H,2-8,10H2,1H3. The molecule has 2 N–H and O–H groups in total. The Morgan fingerprint density at radius 3 is 3.00 bits per heavy atom. The SMILES string of the molecule is CC1CCCN(CCON)CC1. The van der Waals surface area contributed by atoms with E-state index < -0.39 is 0 Å². The Bertz CT molecular complexity index is 117. The molecule has 3 nitrogen and oxygen atoms in total. The van der Waals surface area contributed by atoms with E-state index in [0.717, 1.165) is 12.5 Å². The van der Waals surface area contributed by atoms with Crippen molar-refractivity contribution in [3.63, 3.8) is 0 Å². The van der Waals surface area contributed by atoms with Crippen LogP contribution in [-0.2, 0) is 4.84 Å². The van der Waals surface area contributed by atoms with E-state index in [1.807, 2.05) is 0 Å². The Kier molecular flexibility index (Phi) is 4.58. The molecule has 0 aliphatic carbocycles. The van der Waals surface area contributed by atoms with Gasteiger partial charge in [-0.3, -0.25) is 0 Å². The van der Waals surface area contributed by atoms with Gasteiger partial charge in [0.15, 0.2) is 0 Å². The summed E-state index contributed by atoms with van der Waals surface area (Å²) in [5, 5.41) is 0. The third-order valence-electron chi connectivity index (χ3n) is 2.63. The minimum Gasteiger partial charge on any atom is -0.303 e. The smallest absolute Gasteiger partial charge is 0.0806 e. The lowest BCUT2D eigenvalue weighted by Crippen LogP contribution is -2.29. The highest BCUT2D eigenvalue weighted by Gasteiger charge is 2.12. The molecule has 0 radical (unpaired) electrons. The quantitative estimate of drug-likeness (QED) is 0.645. The van der Waals surface area contributed by atoms with Crippen LogP contribution in [0.2, 0.25) is 0 Å². The first-order chi connectivity index (χ1) is 5.83. The van der Waals surface area contributed by atoms with E-state index in [4.69, 9.17) is 5.90 Å². The van der Waals surface area contributed by atoms with E-state index in [9.17, 15) is 0 Å². The van der Waals surface area contributed by atoms with E-state index >= 15 is 0 Å². The van der Waals surface area contributed by atoms with Crippen molar-refractivity contribution < 1.29 is 4.84 Å². The Balaban J connectivity index is 2.17. The van der Waals surface area contributed by atoms with Crippen molar-refractivity contribution in [1.82, 2.24) is 4.90 Å². The Labute approximate surface area is 74.8 Å². The molecule has 1 rings (SSSR count). The van der Waals surface area contributed by atoms with Crippen LogP contribution in [0.4, 0.5) is 0 Å². The van der Waals surface area contributed by atoms with E-state index in [0.29, 0.717) is 6.61 Å². The maximum Gasteiger partial charge on any atom is 0.0806 e. The van der Waals surface area contributed by atoms with Crippen LogP contribution >= 0.6 is 0 Å². The van der Waals surface area contributed by atoms with Gasteiger partial charge in [-0.1, -0.05) is 6.92 Å². The predicted octanol–water partition coefficient (Wildman–Crippen LogP) is 0.999. The van der Waals surface area contributed by atoms with Gasteiger partial charge in [0.05, 0.1) is 6.61 Å². The molecule has 1 heterocycles. The van der Waals surface area contributed by atoms with Crippen molar-refractivity contribution >= 4 is 0 Å². The number of likely N-dealkylation sites (tertiary alicyclic amines) is 1. The second kappa shape index (κ2) is 5.51. The van der Waals surface area contributed by atoms with Crippen LogP contribution in [0.3, 0.4) is 0 Å². The summed E-state index contributed by atoms with van der Waals surface area (Å²) in [5.74, 6) is 5.88. The van der Waals surface area contributed by atoms with E-state index in [1.165, 1.54) is 32.4 Å². The molecule has 1 aliphatic heterocycles. The topological polar surface area (TPSA) is 38.5 Å². The Morgan fingerprint density at radius 1 is 1.42 bits per heavy atom. The zero-order valence-electron chi connectivity index (χ0n) is 7.96. The summed E-state index contributed by atoms with van der Waals surface area (Å²) >= 11 is 0. The second-order valence-electron chi connectivity index (χ2n) is 3.75. The van der Waals surface area contributed by atoms with Gasteiger partial charge in [-0.25, -0.2) is 5.90 Å². The molecule has 12 heavy (non-hydrogen) atoms. The zero-order valence-corrected chi connectivity index (χ0v) is 7.96. The highest BCUT2D eigenvalue weighted by Crippen LogP contribution is 2.15. The highest BCUT2D eigenvalue weighted by molar-refractivity contribution is 4.66. The first kappa shape index (κ1) is 9.96. The van der Waals surface area contributed by atoms with Crippen LogP contribution in [0.1, 0.15) is 26.2 Å². The van der Waals surface area contributed by atoms with Gasteiger partial charge in [-0.05, 0) is 38.3 Å². The molecule has 1 saturated heterocycles. The van der Waals surface area contributed by atoms with Crippen molar-refractivity contribution in [3.8, 4) is 0 Å². The number of nitrogens with two attached hydrogens (primary N) is 1. The predicted molar refractivity (Wildman–Crippen MR) is 49.6 cm³/mol. The lowest BCUT2D eigenvalue weighted by molar-refractivity contribution is 0.106. The van der Waals surface area contributed by atoms with Crippen LogP contribution < -0.4 is 5.90 Å². The van der Waals surface area contributed by atoms with Crippen LogP contribution in [-0.4, -0.2) is 31.1 Å². The molecule has 1 aliphatic rings. The molecule has 0 aromatic heterocycles. The van der Waals surface area contributed by atoms with Crippen LogP contribution in [0.25, 0.3) is 0 Å². The Morgan fingerprint density at radius 2 is 2.25 bits per heavy atom. The van der Waals surface area contributed by atoms with Gasteiger partial charge >= 0.3 is 0 Å². The fraction of sp³-hybridized carbons (Fsp3) is 1.00. The van der Waals surface area contributed by atoms with E-state index in [2.05, 4.69) is 16.7 Å². The minimum atomic E-state index is 0.661. The van der Waals surface area contributed by atoms with Gasteiger partial charge < -0.3 is 9.74 Å². The summed E-state index contributed by atoms with van der Waals surface area (Å²) in [7, 11) is 0. The molecule has 0 amide bonds. The number of rotatable bonds is 3. The van der Waals surface area contributed by atoms with Gasteiger partial charge in [0.25, 0.3) is 0 Å². The van der Waals surface area contributed by atoms with Crippen molar-refractivity contribution in [3.05, 3.63) is 0 Å². The normalized spacial score (nSPS) is 27.0. The van der Waals surface area contributed by atoms with Crippen molar-refractivity contribution in [1.29, 1.82) is 0 Å². The maximum atomic E-state index is 4.99. The average Bonchev–Trinajstić information content (AvgIpc) is 2.27. The van der Waals surface area contributed by atoms with E-state index in [-0.39, 0.29) is 0 Å². The summed E-state index contributed by atoms with van der Waals surface area (Å²) in [6.45, 7) is 6.42. The molecule has 0 saturated carbocycles. The van der Waals surface area contributed by atoms with Gasteiger partial charge in [0.1, 0.15) is 0 Å². The molecular formula is C9H20N2O. The summed E-state index contributed by atoms with van der Waals surface area (Å²) in [6, 6.07) is 0. The zero-order chi connectivity index (χ0) is 8.81. The van der Waals surface area contributed by atoms with Gasteiger partial charge in [-0.2, -0.15) is 0 Å². The van der Waals surface area contributed by atoms with Crippen molar-refractivity contribution in [2.24, 2.45) is 11.8 Å². The molecule has 0 aromatic rings. The first-order valence-electron chi connectivity index (χ1n) is 4.87.